The lowest BCUT2D eigenvalue weighted by Crippen LogP contribution is -2.45. The third-order valence-corrected chi connectivity index (χ3v) is 7.78. The van der Waals surface area contributed by atoms with Crippen LogP contribution in [-0.4, -0.2) is 45.4 Å². The van der Waals surface area contributed by atoms with Gasteiger partial charge in [-0.3, -0.25) is 4.79 Å². The summed E-state index contributed by atoms with van der Waals surface area (Å²) in [5.74, 6) is 0.819. The van der Waals surface area contributed by atoms with E-state index < -0.39 is 16.1 Å². The maximum absolute atomic E-state index is 12.8. The molecule has 1 aromatic heterocycles. The molecule has 1 saturated heterocycles. The van der Waals surface area contributed by atoms with Gasteiger partial charge in [-0.1, -0.05) is 18.2 Å². The van der Waals surface area contributed by atoms with Crippen molar-refractivity contribution in [2.45, 2.75) is 29.6 Å². The second-order valence-corrected chi connectivity index (χ2v) is 9.14. The molecule has 1 aliphatic rings. The molecule has 27 heavy (non-hydrogen) atoms. The van der Waals surface area contributed by atoms with Crippen molar-refractivity contribution in [3.63, 3.8) is 0 Å². The molecule has 146 valence electrons. The Labute approximate surface area is 163 Å². The van der Waals surface area contributed by atoms with Gasteiger partial charge < -0.3 is 14.8 Å². The van der Waals surface area contributed by atoms with Crippen molar-refractivity contribution in [1.29, 1.82) is 0 Å². The highest BCUT2D eigenvalue weighted by molar-refractivity contribution is 7.91. The fraction of sp³-hybridized carbons (Fsp3) is 0.389. The van der Waals surface area contributed by atoms with E-state index in [-0.39, 0.29) is 16.7 Å². The number of benzene rings is 1. The van der Waals surface area contributed by atoms with E-state index in [1.165, 1.54) is 11.4 Å². The van der Waals surface area contributed by atoms with Gasteiger partial charge >= 0.3 is 0 Å². The van der Waals surface area contributed by atoms with Gasteiger partial charge in [0.15, 0.2) is 11.5 Å². The normalized spacial score (nSPS) is 17.6. The van der Waals surface area contributed by atoms with Gasteiger partial charge in [0.1, 0.15) is 10.3 Å². The summed E-state index contributed by atoms with van der Waals surface area (Å²) >= 11 is 1.16. The van der Waals surface area contributed by atoms with Crippen molar-refractivity contribution in [2.24, 2.45) is 0 Å². The maximum Gasteiger partial charge on any atom is 0.253 e. The number of carbonyl (C=O) groups is 1. The molecule has 2 heterocycles. The van der Waals surface area contributed by atoms with E-state index in [1.807, 2.05) is 12.1 Å². The Kier molecular flexibility index (Phi) is 6.03. The number of para-hydroxylation sites is 1. The van der Waals surface area contributed by atoms with Gasteiger partial charge in [0, 0.05) is 18.7 Å². The minimum Gasteiger partial charge on any atom is -0.493 e. The Balaban J connectivity index is 1.73. The van der Waals surface area contributed by atoms with Gasteiger partial charge in [0.05, 0.1) is 14.2 Å². The van der Waals surface area contributed by atoms with Crippen LogP contribution in [0.4, 0.5) is 0 Å². The predicted octanol–water partition coefficient (Wildman–Crippen LogP) is 2.23. The number of methoxy groups -OCH3 is 2. The highest BCUT2D eigenvalue weighted by Gasteiger charge is 2.39. The van der Waals surface area contributed by atoms with Crippen molar-refractivity contribution < 1.29 is 22.7 Å². The van der Waals surface area contributed by atoms with Crippen LogP contribution in [0.3, 0.4) is 0 Å². The number of thiophene rings is 1. The first kappa shape index (κ1) is 19.7. The van der Waals surface area contributed by atoms with Crippen LogP contribution in [0.15, 0.2) is 39.9 Å². The summed E-state index contributed by atoms with van der Waals surface area (Å²) in [6, 6.07) is 7.97. The third kappa shape index (κ3) is 3.95. The molecule has 2 aromatic rings. The Hall–Kier alpha value is -2.10. The van der Waals surface area contributed by atoms with Crippen LogP contribution >= 0.6 is 11.3 Å². The first-order valence-electron chi connectivity index (χ1n) is 8.52. The third-order valence-electron chi connectivity index (χ3n) is 4.50. The largest absolute Gasteiger partial charge is 0.493 e. The number of nitrogens with zero attached hydrogens (tertiary/aromatic N) is 1. The summed E-state index contributed by atoms with van der Waals surface area (Å²) in [7, 11) is -0.565. The van der Waals surface area contributed by atoms with Crippen molar-refractivity contribution >= 4 is 27.3 Å². The van der Waals surface area contributed by atoms with Crippen LogP contribution < -0.4 is 14.8 Å². The van der Waals surface area contributed by atoms with Crippen molar-refractivity contribution in [1.82, 2.24) is 9.62 Å². The molecule has 1 amide bonds. The predicted molar refractivity (Wildman–Crippen MR) is 103 cm³/mol. The van der Waals surface area contributed by atoms with Gasteiger partial charge in [0.2, 0.25) is 5.91 Å². The number of sulfonamides is 1. The van der Waals surface area contributed by atoms with Crippen molar-refractivity contribution in [3.05, 3.63) is 41.3 Å². The van der Waals surface area contributed by atoms with Gasteiger partial charge in [-0.2, -0.15) is 4.31 Å². The zero-order valence-electron chi connectivity index (χ0n) is 15.2. The maximum atomic E-state index is 12.8. The summed E-state index contributed by atoms with van der Waals surface area (Å²) in [6.07, 6.45) is 1.16. The first-order chi connectivity index (χ1) is 13.0. The summed E-state index contributed by atoms with van der Waals surface area (Å²) in [5, 5.41) is 4.55. The lowest BCUT2D eigenvalue weighted by Gasteiger charge is -2.23. The number of ether oxygens (including phenoxy) is 2. The summed E-state index contributed by atoms with van der Waals surface area (Å²) < 4.78 is 37.8. The smallest absolute Gasteiger partial charge is 0.253 e. The van der Waals surface area contributed by atoms with E-state index in [9.17, 15) is 13.2 Å². The number of rotatable bonds is 7. The molecule has 1 atom stereocenters. The van der Waals surface area contributed by atoms with Crippen LogP contribution in [-0.2, 0) is 21.4 Å². The molecule has 7 nitrogen and oxygen atoms in total. The average Bonchev–Trinajstić information content (AvgIpc) is 3.37. The Morgan fingerprint density at radius 2 is 2.07 bits per heavy atom. The van der Waals surface area contributed by atoms with E-state index in [2.05, 4.69) is 5.32 Å². The van der Waals surface area contributed by atoms with Crippen molar-refractivity contribution in [3.8, 4) is 11.5 Å². The van der Waals surface area contributed by atoms with Crippen LogP contribution in [0, 0.1) is 0 Å². The van der Waals surface area contributed by atoms with E-state index >= 15 is 0 Å². The number of hydrogen-bond acceptors (Lipinski definition) is 6. The molecular formula is C18H22N2O5S2. The van der Waals surface area contributed by atoms with Gasteiger partial charge in [0.25, 0.3) is 10.0 Å². The molecular weight excluding hydrogens is 388 g/mol. The molecule has 0 radical (unpaired) electrons. The fourth-order valence-electron chi connectivity index (χ4n) is 3.21. The molecule has 1 unspecified atom stereocenters. The summed E-state index contributed by atoms with van der Waals surface area (Å²) in [4.78, 5) is 12.7. The van der Waals surface area contributed by atoms with E-state index in [1.54, 1.807) is 30.7 Å². The van der Waals surface area contributed by atoms with Crippen LogP contribution in [0.2, 0.25) is 0 Å². The highest BCUT2D eigenvalue weighted by atomic mass is 32.2. The van der Waals surface area contributed by atoms with E-state index in [4.69, 9.17) is 9.47 Å². The number of amides is 1. The van der Waals surface area contributed by atoms with E-state index in [0.29, 0.717) is 30.9 Å². The lowest BCUT2D eigenvalue weighted by molar-refractivity contribution is -0.124. The number of nitrogens with one attached hydrogen (secondary N) is 1. The Morgan fingerprint density at radius 3 is 2.74 bits per heavy atom. The zero-order valence-corrected chi connectivity index (χ0v) is 16.8. The van der Waals surface area contributed by atoms with Gasteiger partial charge in [-0.05, 0) is 30.4 Å². The molecule has 9 heteroatoms. The molecule has 0 saturated carbocycles. The second kappa shape index (κ2) is 8.28. The van der Waals surface area contributed by atoms with Crippen LogP contribution in [0.5, 0.6) is 11.5 Å². The zero-order chi connectivity index (χ0) is 19.4. The molecule has 1 aromatic carbocycles. The summed E-state index contributed by atoms with van der Waals surface area (Å²) in [5.41, 5.74) is 0.760. The van der Waals surface area contributed by atoms with Crippen molar-refractivity contribution in [2.75, 3.05) is 20.8 Å². The van der Waals surface area contributed by atoms with Crippen LogP contribution in [0.1, 0.15) is 18.4 Å². The molecule has 0 spiro atoms. The second-order valence-electron chi connectivity index (χ2n) is 6.08. The SMILES string of the molecule is COc1cccc(CNC(=O)C2CCCN2S(=O)(=O)c2cccs2)c1OC. The standard InChI is InChI=1S/C18H22N2O5S2/c1-24-15-8-3-6-13(17(15)25-2)12-19-18(21)14-7-4-10-20(14)27(22,23)16-9-5-11-26-16/h3,5-6,8-9,11,14H,4,7,10,12H2,1-2H3,(H,19,21). The Morgan fingerprint density at radius 1 is 1.26 bits per heavy atom. The summed E-state index contributed by atoms with van der Waals surface area (Å²) in [6.45, 7) is 0.573. The molecule has 3 rings (SSSR count). The van der Waals surface area contributed by atoms with E-state index in [0.717, 1.165) is 16.9 Å². The molecule has 1 fully saturated rings. The lowest BCUT2D eigenvalue weighted by atomic mass is 10.1. The number of carbonyl (C=O) groups excluding carboxylic acids is 1. The minimum atomic E-state index is -3.65. The molecule has 1 N–H and O–H groups in total. The van der Waals surface area contributed by atoms with Gasteiger partial charge in [-0.15, -0.1) is 11.3 Å². The topological polar surface area (TPSA) is 84.9 Å². The highest BCUT2D eigenvalue weighted by Crippen LogP contribution is 2.31. The van der Waals surface area contributed by atoms with Gasteiger partial charge in [-0.25, -0.2) is 8.42 Å². The molecule has 1 aliphatic heterocycles. The number of hydrogen-bond donors (Lipinski definition) is 1. The fourth-order valence-corrected chi connectivity index (χ4v) is 5.98. The quantitative estimate of drug-likeness (QED) is 0.757. The monoisotopic (exact) mass is 410 g/mol. The molecule has 0 bridgehead atoms. The Bertz CT molecular complexity index is 896. The average molecular weight is 411 g/mol. The van der Waals surface area contributed by atoms with Crippen LogP contribution in [0.25, 0.3) is 0 Å². The minimum absolute atomic E-state index is 0.225. The molecule has 0 aliphatic carbocycles. The first-order valence-corrected chi connectivity index (χ1v) is 10.8.